The van der Waals surface area contributed by atoms with Crippen LogP contribution in [0.15, 0.2) is 21.3 Å². The first-order chi connectivity index (χ1) is 15.7. The number of aromatic hydroxyl groups is 1. The molecule has 33 heavy (non-hydrogen) atoms. The quantitative estimate of drug-likeness (QED) is 0.549. The van der Waals surface area contributed by atoms with Gasteiger partial charge in [0.25, 0.3) is 0 Å². The van der Waals surface area contributed by atoms with Crippen molar-refractivity contribution in [2.24, 2.45) is 0 Å². The Morgan fingerprint density at radius 2 is 1.27 bits per heavy atom. The number of ether oxygens (including phenoxy) is 5. The van der Waals surface area contributed by atoms with Crippen molar-refractivity contribution in [3.8, 4) is 57.3 Å². The number of hydrogen-bond acceptors (Lipinski definition) is 12. The fourth-order valence-corrected chi connectivity index (χ4v) is 4.30. The van der Waals surface area contributed by atoms with E-state index in [0.717, 1.165) is 0 Å². The Bertz CT molecular complexity index is 1440. The van der Waals surface area contributed by atoms with Crippen LogP contribution in [0.25, 0.3) is 22.3 Å². The van der Waals surface area contributed by atoms with Gasteiger partial charge in [-0.25, -0.2) is 0 Å². The van der Waals surface area contributed by atoms with Crippen LogP contribution in [-0.4, -0.2) is 49.1 Å². The summed E-state index contributed by atoms with van der Waals surface area (Å²) in [6.07, 6.45) is 0. The Balaban J connectivity index is 2.22. The monoisotopic (exact) mass is 482 g/mol. The highest BCUT2D eigenvalue weighted by Gasteiger charge is 2.35. The first-order valence-electron chi connectivity index (χ1n) is 9.13. The molecule has 2 aromatic carbocycles. The number of fused-ring (bicyclic) bond motifs is 5. The van der Waals surface area contributed by atoms with E-state index in [0.29, 0.717) is 0 Å². The molecule has 0 radical (unpaired) electrons. The van der Waals surface area contributed by atoms with Gasteiger partial charge in [0.2, 0.25) is 28.4 Å². The minimum Gasteiger partial charge on any atom is -0.504 e. The third-order valence-electron chi connectivity index (χ3n) is 4.86. The van der Waals surface area contributed by atoms with E-state index in [1.165, 1.54) is 47.7 Å². The van der Waals surface area contributed by atoms with Crippen LogP contribution >= 0.6 is 0 Å². The largest absolute Gasteiger partial charge is 0.504 e. The molecule has 2 aliphatic rings. The summed E-state index contributed by atoms with van der Waals surface area (Å²) in [6, 6.07) is 2.41. The van der Waals surface area contributed by atoms with Gasteiger partial charge in [0.05, 0.1) is 35.5 Å². The summed E-state index contributed by atoms with van der Waals surface area (Å²) in [5, 5.41) is 10.6. The maximum Gasteiger partial charge on any atom is 0.501 e. The topological polar surface area (TPSA) is 149 Å². The lowest BCUT2D eigenvalue weighted by Gasteiger charge is -2.19. The van der Waals surface area contributed by atoms with Gasteiger partial charge in [0.15, 0.2) is 34.3 Å². The second-order valence-corrected chi connectivity index (χ2v) is 7.64. The number of methoxy groups -OCH3 is 5. The molecule has 12 nitrogen and oxygen atoms in total. The standard InChI is InChI=1S/C20H18O12S/c1-25-14-11-13(22)17(26-2)15(30-16(11)19(28-4)20(29-5)18(14)27-3)10-8-6-7-9(12(10)21)32-33(23,24)31-8/h6-7,21H,1-5H3. The third kappa shape index (κ3) is 3.19. The summed E-state index contributed by atoms with van der Waals surface area (Å²) >= 11 is 0. The van der Waals surface area contributed by atoms with Crippen LogP contribution in [-0.2, 0) is 10.4 Å². The van der Waals surface area contributed by atoms with Crippen LogP contribution in [0.3, 0.4) is 0 Å². The number of hydrogen-bond donors (Lipinski definition) is 1. The van der Waals surface area contributed by atoms with Crippen LogP contribution in [0.2, 0.25) is 0 Å². The highest BCUT2D eigenvalue weighted by atomic mass is 32.3. The van der Waals surface area contributed by atoms with Crippen LogP contribution < -0.4 is 37.5 Å². The molecule has 2 bridgehead atoms. The molecule has 5 rings (SSSR count). The third-order valence-corrected chi connectivity index (χ3v) is 5.62. The van der Waals surface area contributed by atoms with Crippen molar-refractivity contribution in [3.63, 3.8) is 0 Å². The highest BCUT2D eigenvalue weighted by molar-refractivity contribution is 7.82. The van der Waals surface area contributed by atoms with Gasteiger partial charge in [-0.15, -0.1) is 8.42 Å². The lowest BCUT2D eigenvalue weighted by molar-refractivity contribution is 0.306. The second kappa shape index (κ2) is 7.85. The molecule has 2 aliphatic heterocycles. The predicted molar refractivity (Wildman–Crippen MR) is 113 cm³/mol. The Labute approximate surface area is 187 Å². The minimum absolute atomic E-state index is 0.0200. The van der Waals surface area contributed by atoms with Gasteiger partial charge in [0, 0.05) is 0 Å². The molecule has 3 aromatic rings. The van der Waals surface area contributed by atoms with E-state index >= 15 is 0 Å². The van der Waals surface area contributed by atoms with Crippen molar-refractivity contribution in [2.75, 3.05) is 35.5 Å². The minimum atomic E-state index is -4.52. The molecule has 1 N–H and O–H groups in total. The highest BCUT2D eigenvalue weighted by Crippen LogP contribution is 2.54. The Morgan fingerprint density at radius 3 is 1.85 bits per heavy atom. The average Bonchev–Trinajstić information content (AvgIpc) is 3.00. The molecule has 3 heterocycles. The average molecular weight is 482 g/mol. The van der Waals surface area contributed by atoms with E-state index in [1.807, 2.05) is 0 Å². The molecule has 0 fully saturated rings. The summed E-state index contributed by atoms with van der Waals surface area (Å²) < 4.78 is 66.3. The Hall–Kier alpha value is -4.00. The van der Waals surface area contributed by atoms with E-state index in [-0.39, 0.29) is 56.8 Å². The fraction of sp³-hybridized carbons (Fsp3) is 0.250. The summed E-state index contributed by atoms with van der Waals surface area (Å²) in [5.41, 5.74) is -1.17. The molecule has 176 valence electrons. The van der Waals surface area contributed by atoms with Crippen molar-refractivity contribution < 1.29 is 50.0 Å². The van der Waals surface area contributed by atoms with E-state index in [9.17, 15) is 18.3 Å². The molecular formula is C20H18O12S. The molecule has 0 aliphatic carbocycles. The van der Waals surface area contributed by atoms with E-state index in [4.69, 9.17) is 36.5 Å². The number of phenols is 1. The zero-order valence-corrected chi connectivity index (χ0v) is 18.8. The first kappa shape index (κ1) is 22.2. The lowest BCUT2D eigenvalue weighted by Crippen LogP contribution is -2.14. The van der Waals surface area contributed by atoms with Gasteiger partial charge < -0.3 is 41.6 Å². The van der Waals surface area contributed by atoms with Crippen LogP contribution in [0.4, 0.5) is 0 Å². The van der Waals surface area contributed by atoms with Crippen molar-refractivity contribution in [2.45, 2.75) is 0 Å². The van der Waals surface area contributed by atoms with Gasteiger partial charge in [-0.3, -0.25) is 4.79 Å². The maximum atomic E-state index is 13.5. The number of phenolic OH excluding ortho intramolecular Hbond substituents is 1. The Morgan fingerprint density at radius 1 is 0.758 bits per heavy atom. The number of rotatable bonds is 6. The number of benzene rings is 2. The maximum absolute atomic E-state index is 13.5. The summed E-state index contributed by atoms with van der Waals surface area (Å²) in [7, 11) is 2.00. The van der Waals surface area contributed by atoms with E-state index in [2.05, 4.69) is 0 Å². The summed E-state index contributed by atoms with van der Waals surface area (Å²) in [6.45, 7) is 0. The molecular weight excluding hydrogens is 464 g/mol. The zero-order chi connectivity index (χ0) is 24.1. The van der Waals surface area contributed by atoms with Gasteiger partial charge >= 0.3 is 10.4 Å². The molecule has 0 spiro atoms. The van der Waals surface area contributed by atoms with Crippen molar-refractivity contribution in [1.29, 1.82) is 0 Å². The van der Waals surface area contributed by atoms with Crippen molar-refractivity contribution in [3.05, 3.63) is 22.4 Å². The smallest absolute Gasteiger partial charge is 0.501 e. The van der Waals surface area contributed by atoms with Gasteiger partial charge in [-0.2, -0.15) is 0 Å². The van der Waals surface area contributed by atoms with Crippen molar-refractivity contribution in [1.82, 2.24) is 0 Å². The van der Waals surface area contributed by atoms with E-state index in [1.54, 1.807) is 0 Å². The summed E-state index contributed by atoms with van der Waals surface area (Å²) in [5.74, 6) is -2.10. The molecule has 0 atom stereocenters. The normalized spacial score (nSPS) is 13.6. The van der Waals surface area contributed by atoms with E-state index < -0.39 is 27.3 Å². The Kier molecular flexibility index (Phi) is 5.28. The fourth-order valence-electron chi connectivity index (χ4n) is 3.56. The van der Waals surface area contributed by atoms with Gasteiger partial charge in [-0.05, 0) is 12.1 Å². The molecule has 0 saturated heterocycles. The van der Waals surface area contributed by atoms with Crippen LogP contribution in [0.1, 0.15) is 0 Å². The first-order valence-corrected chi connectivity index (χ1v) is 10.5. The second-order valence-electron chi connectivity index (χ2n) is 6.49. The molecule has 1 aromatic heterocycles. The van der Waals surface area contributed by atoms with Gasteiger partial charge in [0.1, 0.15) is 10.9 Å². The molecule has 0 unspecified atom stereocenters. The summed E-state index contributed by atoms with van der Waals surface area (Å²) in [4.78, 5) is 13.5. The molecule has 0 saturated carbocycles. The van der Waals surface area contributed by atoms with Crippen molar-refractivity contribution >= 4 is 21.4 Å². The lowest BCUT2D eigenvalue weighted by atomic mass is 10.1. The molecule has 0 amide bonds. The predicted octanol–water partition coefficient (Wildman–Crippen LogP) is 2.22. The zero-order valence-electron chi connectivity index (χ0n) is 18.0. The molecule has 13 heteroatoms. The van der Waals surface area contributed by atoms with Gasteiger partial charge in [-0.1, -0.05) is 0 Å². The SMILES string of the molecule is COc1c(OC)c(OC)c2c(=O)c(OC)c(-c3c4ccc(c3O)OS(=O)(=O)O4)oc2c1OC. The van der Waals surface area contributed by atoms with Crippen LogP contribution in [0.5, 0.6) is 46.0 Å². The van der Waals surface area contributed by atoms with Crippen LogP contribution in [0, 0.1) is 0 Å².